The molecule has 2 aromatic heterocycles. The van der Waals surface area contributed by atoms with Gasteiger partial charge < -0.3 is 0 Å². The molecule has 3 nitrogen and oxygen atoms in total. The minimum atomic E-state index is -0.187. The highest BCUT2D eigenvalue weighted by molar-refractivity contribution is 7.98. The van der Waals surface area contributed by atoms with Crippen molar-refractivity contribution in [1.29, 1.82) is 0 Å². The molecule has 0 atom stereocenters. The predicted octanol–water partition coefficient (Wildman–Crippen LogP) is 5.47. The minimum Gasteiger partial charge on any atom is -0.271 e. The van der Waals surface area contributed by atoms with Crippen molar-refractivity contribution in [1.82, 2.24) is 14.4 Å². The Balaban J connectivity index is 1.73. The summed E-state index contributed by atoms with van der Waals surface area (Å²) in [5, 5.41) is 1.83. The number of benzene rings is 3. The monoisotopic (exact) mass is 359 g/mol. The van der Waals surface area contributed by atoms with Crippen molar-refractivity contribution in [2.45, 2.75) is 10.9 Å². The molecule has 0 N–H and O–H groups in total. The number of fused-ring (bicyclic) bond motifs is 5. The number of hydrogen-bond donors (Lipinski definition) is 0. The van der Waals surface area contributed by atoms with Gasteiger partial charge in [0.25, 0.3) is 0 Å². The highest BCUT2D eigenvalue weighted by atomic mass is 32.2. The number of hydrogen-bond acceptors (Lipinski definition) is 3. The summed E-state index contributed by atoms with van der Waals surface area (Å²) in [5.74, 6) is 0.326. The third-order valence-corrected chi connectivity index (χ3v) is 5.42. The summed E-state index contributed by atoms with van der Waals surface area (Å²) in [6.45, 7) is 0. The average molecular weight is 359 g/mol. The van der Waals surface area contributed by atoms with Crippen LogP contribution in [0.5, 0.6) is 0 Å². The lowest BCUT2D eigenvalue weighted by Gasteiger charge is -2.09. The van der Waals surface area contributed by atoms with Crippen molar-refractivity contribution < 1.29 is 4.39 Å². The van der Waals surface area contributed by atoms with Crippen molar-refractivity contribution in [3.8, 4) is 0 Å². The number of imidazole rings is 1. The van der Waals surface area contributed by atoms with E-state index in [2.05, 4.69) is 4.40 Å². The second-order valence-corrected chi connectivity index (χ2v) is 6.99. The molecule has 0 fully saturated rings. The molecule has 5 aromatic rings. The smallest absolute Gasteiger partial charge is 0.175 e. The van der Waals surface area contributed by atoms with Gasteiger partial charge in [0.05, 0.1) is 16.6 Å². The van der Waals surface area contributed by atoms with Crippen LogP contribution in [0.2, 0.25) is 0 Å². The molecule has 3 aromatic carbocycles. The van der Waals surface area contributed by atoms with Gasteiger partial charge in [-0.05, 0) is 35.9 Å². The molecule has 0 aliphatic heterocycles. The maximum Gasteiger partial charge on any atom is 0.175 e. The molecule has 0 aliphatic carbocycles. The van der Waals surface area contributed by atoms with Crippen molar-refractivity contribution in [3.63, 3.8) is 0 Å². The molecule has 126 valence electrons. The van der Waals surface area contributed by atoms with Gasteiger partial charge in [-0.15, -0.1) is 0 Å². The van der Waals surface area contributed by atoms with Crippen molar-refractivity contribution in [2.24, 2.45) is 0 Å². The third kappa shape index (κ3) is 2.44. The van der Waals surface area contributed by atoms with E-state index in [0.29, 0.717) is 11.3 Å². The number of halogens is 1. The van der Waals surface area contributed by atoms with Gasteiger partial charge in [-0.1, -0.05) is 54.2 Å². The SMILES string of the molecule is Fc1ccccc1CSc1nc2ccccc2c2nc3ccccc3n12. The fourth-order valence-electron chi connectivity index (χ4n) is 3.17. The Kier molecular flexibility index (Phi) is 3.60. The number of aromatic nitrogens is 3. The van der Waals surface area contributed by atoms with Crippen LogP contribution in [-0.4, -0.2) is 14.4 Å². The van der Waals surface area contributed by atoms with Gasteiger partial charge in [-0.3, -0.25) is 4.40 Å². The normalized spacial score (nSPS) is 11.6. The van der Waals surface area contributed by atoms with Crippen LogP contribution in [0, 0.1) is 5.82 Å². The lowest BCUT2D eigenvalue weighted by Crippen LogP contribution is -1.97. The predicted molar refractivity (Wildman–Crippen MR) is 104 cm³/mol. The largest absolute Gasteiger partial charge is 0.271 e. The van der Waals surface area contributed by atoms with E-state index in [0.717, 1.165) is 32.7 Å². The Labute approximate surface area is 153 Å². The Morgan fingerprint density at radius 2 is 1.54 bits per heavy atom. The molecule has 0 bridgehead atoms. The van der Waals surface area contributed by atoms with E-state index in [1.807, 2.05) is 60.7 Å². The summed E-state index contributed by atoms with van der Waals surface area (Å²) in [6, 6.07) is 22.9. The number of para-hydroxylation sites is 3. The molecule has 0 saturated heterocycles. The first-order valence-electron chi connectivity index (χ1n) is 8.33. The summed E-state index contributed by atoms with van der Waals surface area (Å²) in [4.78, 5) is 9.65. The molecular formula is C21H14FN3S. The lowest BCUT2D eigenvalue weighted by molar-refractivity contribution is 0.617. The van der Waals surface area contributed by atoms with E-state index < -0.39 is 0 Å². The molecule has 0 radical (unpaired) electrons. The topological polar surface area (TPSA) is 30.2 Å². The molecule has 0 spiro atoms. The van der Waals surface area contributed by atoms with Crippen LogP contribution in [0.25, 0.3) is 27.6 Å². The highest BCUT2D eigenvalue weighted by Gasteiger charge is 2.14. The van der Waals surface area contributed by atoms with Crippen molar-refractivity contribution >= 4 is 39.3 Å². The summed E-state index contributed by atoms with van der Waals surface area (Å²) in [7, 11) is 0. The zero-order chi connectivity index (χ0) is 17.5. The van der Waals surface area contributed by atoms with Gasteiger partial charge in [0.1, 0.15) is 11.5 Å². The first-order valence-corrected chi connectivity index (χ1v) is 9.32. The summed E-state index contributed by atoms with van der Waals surface area (Å²) in [5.41, 5.74) is 4.39. The zero-order valence-corrected chi connectivity index (χ0v) is 14.6. The van der Waals surface area contributed by atoms with E-state index in [-0.39, 0.29) is 5.82 Å². The molecule has 0 amide bonds. The highest BCUT2D eigenvalue weighted by Crippen LogP contribution is 2.30. The fraction of sp³-hybridized carbons (Fsp3) is 0.0476. The van der Waals surface area contributed by atoms with Crippen molar-refractivity contribution in [2.75, 3.05) is 0 Å². The first kappa shape index (κ1) is 15.3. The van der Waals surface area contributed by atoms with Gasteiger partial charge in [-0.25, -0.2) is 14.4 Å². The summed E-state index contributed by atoms with van der Waals surface area (Å²) in [6.07, 6.45) is 0. The maximum atomic E-state index is 14.0. The van der Waals surface area contributed by atoms with Crippen molar-refractivity contribution in [3.05, 3.63) is 84.2 Å². The first-order chi connectivity index (χ1) is 12.8. The van der Waals surface area contributed by atoms with Gasteiger partial charge in [0.15, 0.2) is 5.16 Å². The molecular weight excluding hydrogens is 345 g/mol. The molecule has 26 heavy (non-hydrogen) atoms. The molecule has 0 unspecified atom stereocenters. The Morgan fingerprint density at radius 3 is 2.42 bits per heavy atom. The zero-order valence-electron chi connectivity index (χ0n) is 13.8. The Bertz CT molecular complexity index is 1260. The minimum absolute atomic E-state index is 0.187. The second kappa shape index (κ2) is 6.11. The second-order valence-electron chi connectivity index (χ2n) is 6.05. The van der Waals surface area contributed by atoms with E-state index in [4.69, 9.17) is 9.97 Å². The van der Waals surface area contributed by atoms with E-state index >= 15 is 0 Å². The van der Waals surface area contributed by atoms with Crippen LogP contribution in [0.1, 0.15) is 5.56 Å². The fourth-order valence-corrected chi connectivity index (χ4v) is 4.16. The van der Waals surface area contributed by atoms with Gasteiger partial charge in [-0.2, -0.15) is 0 Å². The summed E-state index contributed by atoms with van der Waals surface area (Å²) >= 11 is 1.52. The van der Waals surface area contributed by atoms with E-state index in [9.17, 15) is 4.39 Å². The summed E-state index contributed by atoms with van der Waals surface area (Å²) < 4.78 is 16.1. The van der Waals surface area contributed by atoms with Crippen LogP contribution < -0.4 is 0 Å². The van der Waals surface area contributed by atoms with E-state index in [1.165, 1.54) is 17.8 Å². The van der Waals surface area contributed by atoms with Crippen LogP contribution in [0.4, 0.5) is 4.39 Å². The molecule has 5 rings (SSSR count). The van der Waals surface area contributed by atoms with Gasteiger partial charge >= 0.3 is 0 Å². The lowest BCUT2D eigenvalue weighted by atomic mass is 10.2. The van der Waals surface area contributed by atoms with Crippen LogP contribution in [-0.2, 0) is 5.75 Å². The average Bonchev–Trinajstić information content (AvgIpc) is 3.07. The van der Waals surface area contributed by atoms with Crippen LogP contribution in [0.15, 0.2) is 78.0 Å². The molecule has 2 heterocycles. The number of nitrogens with zero attached hydrogens (tertiary/aromatic N) is 3. The van der Waals surface area contributed by atoms with E-state index in [1.54, 1.807) is 6.07 Å². The molecule has 0 aliphatic rings. The van der Waals surface area contributed by atoms with Crippen LogP contribution >= 0.6 is 11.8 Å². The standard InChI is InChI=1S/C21H14FN3S/c22-16-9-3-1-7-14(16)13-26-21-24-17-10-4-2-8-15(17)20-23-18-11-5-6-12-19(18)25(20)21/h1-12H,13H2. The Hall–Kier alpha value is -2.92. The van der Waals surface area contributed by atoms with Gasteiger partial charge in [0, 0.05) is 11.1 Å². The number of rotatable bonds is 3. The number of thioether (sulfide) groups is 1. The van der Waals surface area contributed by atoms with Crippen LogP contribution in [0.3, 0.4) is 0 Å². The quantitative estimate of drug-likeness (QED) is 0.316. The van der Waals surface area contributed by atoms with Gasteiger partial charge in [0.2, 0.25) is 0 Å². The third-order valence-electron chi connectivity index (χ3n) is 4.43. The molecule has 5 heteroatoms. The Morgan fingerprint density at radius 1 is 0.808 bits per heavy atom. The maximum absolute atomic E-state index is 14.0. The molecule has 0 saturated carbocycles.